The van der Waals surface area contributed by atoms with Gasteiger partial charge in [0.05, 0.1) is 31.8 Å². The maximum absolute atomic E-state index is 11.8. The molecular formula is C17H30O5. The lowest BCUT2D eigenvalue weighted by Crippen LogP contribution is -2.37. The van der Waals surface area contributed by atoms with Gasteiger partial charge in [0, 0.05) is 12.5 Å². The molecule has 2 heterocycles. The van der Waals surface area contributed by atoms with Gasteiger partial charge in [-0.2, -0.15) is 0 Å². The molecule has 0 aliphatic carbocycles. The number of rotatable bonds is 7. The van der Waals surface area contributed by atoms with E-state index in [0.717, 1.165) is 45.1 Å². The van der Waals surface area contributed by atoms with Crippen LogP contribution >= 0.6 is 0 Å². The highest BCUT2D eigenvalue weighted by molar-refractivity contribution is 5.69. The van der Waals surface area contributed by atoms with Gasteiger partial charge >= 0.3 is 5.97 Å². The first kappa shape index (κ1) is 17.7. The molecule has 5 heteroatoms. The Balaban J connectivity index is 2.03. The van der Waals surface area contributed by atoms with Crippen LogP contribution in [0.3, 0.4) is 0 Å². The number of methoxy groups -OCH3 is 1. The average Bonchev–Trinajstić information content (AvgIpc) is 2.98. The SMILES string of the molecule is CCC1CC(C(CC(=O)OC)OC2CCCCO2)C(CC)O1. The minimum atomic E-state index is -0.226. The van der Waals surface area contributed by atoms with Crippen LogP contribution in [0.2, 0.25) is 0 Å². The molecule has 22 heavy (non-hydrogen) atoms. The molecule has 0 radical (unpaired) electrons. The Morgan fingerprint density at radius 3 is 2.68 bits per heavy atom. The Bertz CT molecular complexity index is 340. The summed E-state index contributed by atoms with van der Waals surface area (Å²) < 4.78 is 22.8. The fraction of sp³-hybridized carbons (Fsp3) is 0.941. The zero-order chi connectivity index (χ0) is 15.9. The Labute approximate surface area is 133 Å². The van der Waals surface area contributed by atoms with E-state index in [1.807, 2.05) is 0 Å². The average molecular weight is 314 g/mol. The van der Waals surface area contributed by atoms with Crippen LogP contribution in [0.1, 0.15) is 58.8 Å². The van der Waals surface area contributed by atoms with Crippen molar-refractivity contribution < 1.29 is 23.7 Å². The number of carbonyl (C=O) groups excluding carboxylic acids is 1. The van der Waals surface area contributed by atoms with E-state index < -0.39 is 0 Å². The standard InChI is InChI=1S/C17H30O5/c1-4-12-10-13(14(5-2)21-12)15(11-16(18)19-3)22-17-8-6-7-9-20-17/h12-15,17H,4-11H2,1-3H3. The quantitative estimate of drug-likeness (QED) is 0.676. The normalized spacial score (nSPS) is 33.6. The summed E-state index contributed by atoms with van der Waals surface area (Å²) in [5.41, 5.74) is 0. The van der Waals surface area contributed by atoms with Gasteiger partial charge in [-0.05, 0) is 38.5 Å². The molecule has 2 fully saturated rings. The third-order valence-corrected chi connectivity index (χ3v) is 4.78. The van der Waals surface area contributed by atoms with Crippen molar-refractivity contribution in [3.63, 3.8) is 0 Å². The predicted octanol–water partition coefficient (Wildman–Crippen LogP) is 3.06. The summed E-state index contributed by atoms with van der Waals surface area (Å²) in [7, 11) is 1.42. The monoisotopic (exact) mass is 314 g/mol. The van der Waals surface area contributed by atoms with Crippen molar-refractivity contribution in [2.75, 3.05) is 13.7 Å². The molecule has 0 N–H and O–H groups in total. The van der Waals surface area contributed by atoms with E-state index in [2.05, 4.69) is 13.8 Å². The third kappa shape index (κ3) is 4.67. The van der Waals surface area contributed by atoms with Crippen LogP contribution in [0.15, 0.2) is 0 Å². The van der Waals surface area contributed by atoms with Crippen molar-refractivity contribution in [2.24, 2.45) is 5.92 Å². The van der Waals surface area contributed by atoms with Gasteiger partial charge in [-0.3, -0.25) is 4.79 Å². The molecule has 2 aliphatic rings. The molecule has 0 aromatic heterocycles. The van der Waals surface area contributed by atoms with E-state index in [1.165, 1.54) is 7.11 Å². The van der Waals surface area contributed by atoms with E-state index in [-0.39, 0.29) is 42.9 Å². The van der Waals surface area contributed by atoms with E-state index in [1.54, 1.807) is 0 Å². The van der Waals surface area contributed by atoms with Crippen molar-refractivity contribution in [3.05, 3.63) is 0 Å². The van der Waals surface area contributed by atoms with E-state index >= 15 is 0 Å². The highest BCUT2D eigenvalue weighted by atomic mass is 16.7. The van der Waals surface area contributed by atoms with Gasteiger partial charge in [0.15, 0.2) is 6.29 Å². The summed E-state index contributed by atoms with van der Waals surface area (Å²) in [6.45, 7) is 5.01. The molecular weight excluding hydrogens is 284 g/mol. The van der Waals surface area contributed by atoms with Crippen LogP contribution in [0.25, 0.3) is 0 Å². The largest absolute Gasteiger partial charge is 0.469 e. The van der Waals surface area contributed by atoms with E-state index in [0.29, 0.717) is 0 Å². The van der Waals surface area contributed by atoms with Gasteiger partial charge in [0.25, 0.3) is 0 Å². The fourth-order valence-corrected chi connectivity index (χ4v) is 3.47. The fourth-order valence-electron chi connectivity index (χ4n) is 3.47. The zero-order valence-electron chi connectivity index (χ0n) is 14.1. The highest BCUT2D eigenvalue weighted by Gasteiger charge is 2.41. The van der Waals surface area contributed by atoms with Crippen molar-refractivity contribution in [1.82, 2.24) is 0 Å². The summed E-state index contributed by atoms with van der Waals surface area (Å²) in [5, 5.41) is 0. The molecule has 128 valence electrons. The van der Waals surface area contributed by atoms with Gasteiger partial charge in [0.2, 0.25) is 0 Å². The zero-order valence-corrected chi connectivity index (χ0v) is 14.1. The molecule has 2 saturated heterocycles. The molecule has 0 spiro atoms. The van der Waals surface area contributed by atoms with E-state index in [9.17, 15) is 4.79 Å². The Kier molecular flexibility index (Phi) is 7.12. The Morgan fingerprint density at radius 1 is 1.27 bits per heavy atom. The maximum Gasteiger partial charge on any atom is 0.308 e. The van der Waals surface area contributed by atoms with Gasteiger partial charge < -0.3 is 18.9 Å². The van der Waals surface area contributed by atoms with Crippen LogP contribution in [-0.2, 0) is 23.7 Å². The summed E-state index contributed by atoms with van der Waals surface area (Å²) in [6, 6.07) is 0. The van der Waals surface area contributed by atoms with Crippen molar-refractivity contribution in [2.45, 2.75) is 83.4 Å². The minimum absolute atomic E-state index is 0.156. The molecule has 5 unspecified atom stereocenters. The second kappa shape index (κ2) is 8.85. The van der Waals surface area contributed by atoms with Crippen molar-refractivity contribution >= 4 is 5.97 Å². The maximum atomic E-state index is 11.8. The lowest BCUT2D eigenvalue weighted by Gasteiger charge is -2.32. The first-order valence-corrected chi connectivity index (χ1v) is 8.67. The van der Waals surface area contributed by atoms with Crippen molar-refractivity contribution in [3.8, 4) is 0 Å². The Hall–Kier alpha value is -0.650. The number of hydrogen-bond acceptors (Lipinski definition) is 5. The lowest BCUT2D eigenvalue weighted by molar-refractivity contribution is -0.205. The van der Waals surface area contributed by atoms with Crippen LogP contribution in [0.5, 0.6) is 0 Å². The second-order valence-corrected chi connectivity index (χ2v) is 6.26. The van der Waals surface area contributed by atoms with Crippen molar-refractivity contribution in [1.29, 1.82) is 0 Å². The van der Waals surface area contributed by atoms with Gasteiger partial charge in [-0.15, -0.1) is 0 Å². The molecule has 0 saturated carbocycles. The highest BCUT2D eigenvalue weighted by Crippen LogP contribution is 2.36. The topological polar surface area (TPSA) is 54.0 Å². The Morgan fingerprint density at radius 2 is 2.09 bits per heavy atom. The van der Waals surface area contributed by atoms with Crippen LogP contribution in [0.4, 0.5) is 0 Å². The minimum Gasteiger partial charge on any atom is -0.469 e. The molecule has 0 aromatic rings. The number of hydrogen-bond donors (Lipinski definition) is 0. The summed E-state index contributed by atoms with van der Waals surface area (Å²) >= 11 is 0. The first-order valence-electron chi connectivity index (χ1n) is 8.67. The number of carbonyl (C=O) groups is 1. The number of esters is 1. The summed E-state index contributed by atoms with van der Waals surface area (Å²) in [4.78, 5) is 11.8. The van der Waals surface area contributed by atoms with Crippen LogP contribution in [-0.4, -0.2) is 44.3 Å². The molecule has 5 atom stereocenters. The third-order valence-electron chi connectivity index (χ3n) is 4.78. The summed E-state index contributed by atoms with van der Waals surface area (Å²) in [6.07, 6.45) is 6.31. The molecule has 0 amide bonds. The summed E-state index contributed by atoms with van der Waals surface area (Å²) in [5.74, 6) is 0.00943. The van der Waals surface area contributed by atoms with Gasteiger partial charge in [0.1, 0.15) is 0 Å². The first-order chi connectivity index (χ1) is 10.7. The second-order valence-electron chi connectivity index (χ2n) is 6.26. The van der Waals surface area contributed by atoms with E-state index in [4.69, 9.17) is 18.9 Å². The molecule has 0 bridgehead atoms. The van der Waals surface area contributed by atoms with Crippen LogP contribution < -0.4 is 0 Å². The van der Waals surface area contributed by atoms with Gasteiger partial charge in [-0.1, -0.05) is 13.8 Å². The molecule has 5 nitrogen and oxygen atoms in total. The molecule has 0 aromatic carbocycles. The van der Waals surface area contributed by atoms with Gasteiger partial charge in [-0.25, -0.2) is 0 Å². The molecule has 2 rings (SSSR count). The van der Waals surface area contributed by atoms with Crippen LogP contribution in [0, 0.1) is 5.92 Å². The smallest absolute Gasteiger partial charge is 0.308 e. The number of ether oxygens (including phenoxy) is 4. The molecule has 2 aliphatic heterocycles. The lowest BCUT2D eigenvalue weighted by atomic mass is 9.89. The predicted molar refractivity (Wildman–Crippen MR) is 82.4 cm³/mol.